The van der Waals surface area contributed by atoms with Crippen molar-refractivity contribution < 1.29 is 9.53 Å². The summed E-state index contributed by atoms with van der Waals surface area (Å²) in [6, 6.07) is 8.52. The fourth-order valence-corrected chi connectivity index (χ4v) is 2.56. The molecule has 1 heterocycles. The average Bonchev–Trinajstić information content (AvgIpc) is 2.48. The van der Waals surface area contributed by atoms with Gasteiger partial charge in [0.1, 0.15) is 0 Å². The summed E-state index contributed by atoms with van der Waals surface area (Å²) in [7, 11) is 1.68. The third-order valence-electron chi connectivity index (χ3n) is 3.78. The van der Waals surface area contributed by atoms with Crippen LogP contribution in [0, 0.1) is 0 Å². The largest absolute Gasteiger partial charge is 0.380 e. The minimum absolute atomic E-state index is 0. The lowest BCUT2D eigenvalue weighted by Gasteiger charge is -2.33. The minimum atomic E-state index is 0. The zero-order chi connectivity index (χ0) is 15.1. The maximum Gasteiger partial charge on any atom is 0.234 e. The van der Waals surface area contributed by atoms with Gasteiger partial charge in [0.2, 0.25) is 5.91 Å². The van der Waals surface area contributed by atoms with Gasteiger partial charge in [-0.15, -0.1) is 12.4 Å². The van der Waals surface area contributed by atoms with E-state index >= 15 is 0 Å². The van der Waals surface area contributed by atoms with E-state index in [1.165, 1.54) is 0 Å². The normalized spacial score (nSPS) is 18.5. The second kappa shape index (κ2) is 9.79. The Kier molecular flexibility index (Phi) is 8.42. The molecular formula is C16H26ClN3O2. The van der Waals surface area contributed by atoms with E-state index in [0.29, 0.717) is 25.7 Å². The summed E-state index contributed by atoms with van der Waals surface area (Å²) in [5.41, 5.74) is 2.23. The molecule has 2 rings (SSSR count). The lowest BCUT2D eigenvalue weighted by molar-refractivity contribution is -0.123. The smallest absolute Gasteiger partial charge is 0.234 e. The number of methoxy groups -OCH3 is 1. The van der Waals surface area contributed by atoms with Crippen LogP contribution in [-0.4, -0.2) is 50.1 Å². The first-order chi connectivity index (χ1) is 10.2. The lowest BCUT2D eigenvalue weighted by atomic mass is 10.1. The molecule has 22 heavy (non-hydrogen) atoms. The minimum Gasteiger partial charge on any atom is -0.380 e. The van der Waals surface area contributed by atoms with Gasteiger partial charge in [-0.05, 0) is 18.1 Å². The van der Waals surface area contributed by atoms with Crippen LogP contribution in [0.4, 0.5) is 0 Å². The Morgan fingerprint density at radius 1 is 1.45 bits per heavy atom. The van der Waals surface area contributed by atoms with Gasteiger partial charge in [-0.3, -0.25) is 9.69 Å². The zero-order valence-corrected chi connectivity index (χ0v) is 14.1. The van der Waals surface area contributed by atoms with Crippen molar-refractivity contribution in [3.05, 3.63) is 35.4 Å². The summed E-state index contributed by atoms with van der Waals surface area (Å²) in [5, 5.41) is 6.32. The van der Waals surface area contributed by atoms with Gasteiger partial charge >= 0.3 is 0 Å². The summed E-state index contributed by atoms with van der Waals surface area (Å²) in [5.74, 6) is 0.0842. The Balaban J connectivity index is 0.00000242. The molecule has 1 amide bonds. The van der Waals surface area contributed by atoms with Crippen LogP contribution in [0.1, 0.15) is 18.1 Å². The topological polar surface area (TPSA) is 53.6 Å². The Hall–Kier alpha value is -1.14. The van der Waals surface area contributed by atoms with E-state index in [9.17, 15) is 4.79 Å². The zero-order valence-electron chi connectivity index (χ0n) is 13.3. The molecule has 5 nitrogen and oxygen atoms in total. The van der Waals surface area contributed by atoms with Gasteiger partial charge in [0.25, 0.3) is 0 Å². The molecule has 0 saturated carbocycles. The molecule has 1 fully saturated rings. The van der Waals surface area contributed by atoms with E-state index in [4.69, 9.17) is 4.74 Å². The quantitative estimate of drug-likeness (QED) is 0.823. The molecule has 1 aliphatic rings. The van der Waals surface area contributed by atoms with Gasteiger partial charge in [0.15, 0.2) is 0 Å². The van der Waals surface area contributed by atoms with Gasteiger partial charge in [-0.2, -0.15) is 0 Å². The molecule has 0 aliphatic carbocycles. The van der Waals surface area contributed by atoms with Crippen molar-refractivity contribution in [2.24, 2.45) is 0 Å². The van der Waals surface area contributed by atoms with Gasteiger partial charge in [-0.25, -0.2) is 0 Å². The molecule has 0 radical (unpaired) electrons. The van der Waals surface area contributed by atoms with Crippen molar-refractivity contribution in [1.29, 1.82) is 0 Å². The molecule has 0 spiro atoms. The van der Waals surface area contributed by atoms with Crippen LogP contribution < -0.4 is 10.6 Å². The number of benzene rings is 1. The van der Waals surface area contributed by atoms with E-state index in [-0.39, 0.29) is 18.3 Å². The van der Waals surface area contributed by atoms with Crippen LogP contribution in [0.25, 0.3) is 0 Å². The molecule has 124 valence electrons. The fourth-order valence-electron chi connectivity index (χ4n) is 2.56. The summed E-state index contributed by atoms with van der Waals surface area (Å²) >= 11 is 0. The van der Waals surface area contributed by atoms with Crippen molar-refractivity contribution in [2.75, 3.05) is 33.3 Å². The fraction of sp³-hybridized carbons (Fsp3) is 0.562. The number of halogens is 1. The molecule has 1 atom stereocenters. The summed E-state index contributed by atoms with van der Waals surface area (Å²) < 4.78 is 5.12. The Morgan fingerprint density at radius 3 is 2.95 bits per heavy atom. The highest BCUT2D eigenvalue weighted by atomic mass is 35.5. The van der Waals surface area contributed by atoms with Gasteiger partial charge in [0.05, 0.1) is 13.2 Å². The monoisotopic (exact) mass is 327 g/mol. The predicted molar refractivity (Wildman–Crippen MR) is 90.2 cm³/mol. The summed E-state index contributed by atoms with van der Waals surface area (Å²) in [6.45, 7) is 6.62. The second-order valence-corrected chi connectivity index (χ2v) is 5.55. The van der Waals surface area contributed by atoms with Gasteiger partial charge < -0.3 is 15.4 Å². The Bertz CT molecular complexity index is 470. The molecule has 6 heteroatoms. The van der Waals surface area contributed by atoms with Crippen molar-refractivity contribution in [1.82, 2.24) is 15.5 Å². The number of nitrogens with zero attached hydrogens (tertiary/aromatic N) is 1. The van der Waals surface area contributed by atoms with E-state index in [2.05, 4.69) is 28.5 Å². The molecule has 1 aromatic carbocycles. The number of hydrogen-bond acceptors (Lipinski definition) is 4. The van der Waals surface area contributed by atoms with Crippen molar-refractivity contribution in [3.63, 3.8) is 0 Å². The number of carbonyl (C=O) groups excluding carboxylic acids is 1. The number of piperazine rings is 1. The van der Waals surface area contributed by atoms with Crippen molar-refractivity contribution in [2.45, 2.75) is 26.1 Å². The predicted octanol–water partition coefficient (Wildman–Crippen LogP) is 1.16. The van der Waals surface area contributed by atoms with Crippen molar-refractivity contribution >= 4 is 18.3 Å². The Morgan fingerprint density at radius 2 is 2.23 bits per heavy atom. The number of rotatable bonds is 6. The third kappa shape index (κ3) is 5.93. The van der Waals surface area contributed by atoms with Gasteiger partial charge in [0, 0.05) is 39.3 Å². The number of nitrogens with one attached hydrogen (secondary N) is 2. The molecule has 1 aliphatic heterocycles. The standard InChI is InChI=1S/C16H25N3O2.ClH/c1-13-9-17-6-7-19(13)11-16(20)18-10-14-4-3-5-15(8-14)12-21-2;/h3-5,8,13,17H,6-7,9-12H2,1-2H3,(H,18,20);1H/t13-;/m1./s1. The number of hydrogen-bond donors (Lipinski definition) is 2. The molecular weight excluding hydrogens is 302 g/mol. The van der Waals surface area contributed by atoms with E-state index in [1.54, 1.807) is 7.11 Å². The SMILES string of the molecule is COCc1cccc(CNC(=O)CN2CCNC[C@H]2C)c1.Cl. The van der Waals surface area contributed by atoms with E-state index in [0.717, 1.165) is 30.8 Å². The van der Waals surface area contributed by atoms with Gasteiger partial charge in [-0.1, -0.05) is 24.3 Å². The summed E-state index contributed by atoms with van der Waals surface area (Å²) in [4.78, 5) is 14.3. The van der Waals surface area contributed by atoms with Crippen molar-refractivity contribution in [3.8, 4) is 0 Å². The second-order valence-electron chi connectivity index (χ2n) is 5.55. The van der Waals surface area contributed by atoms with Crippen LogP contribution >= 0.6 is 12.4 Å². The van der Waals surface area contributed by atoms with Crippen LogP contribution in [0.5, 0.6) is 0 Å². The first-order valence-electron chi connectivity index (χ1n) is 7.47. The lowest BCUT2D eigenvalue weighted by Crippen LogP contribution is -2.52. The Labute approximate surface area is 138 Å². The molecule has 0 bridgehead atoms. The molecule has 1 aromatic rings. The first-order valence-corrected chi connectivity index (χ1v) is 7.47. The number of carbonyl (C=O) groups is 1. The third-order valence-corrected chi connectivity index (χ3v) is 3.78. The maximum absolute atomic E-state index is 12.0. The van der Waals surface area contributed by atoms with Crippen LogP contribution in [0.2, 0.25) is 0 Å². The highest BCUT2D eigenvalue weighted by Crippen LogP contribution is 2.06. The highest BCUT2D eigenvalue weighted by Gasteiger charge is 2.19. The molecule has 2 N–H and O–H groups in total. The maximum atomic E-state index is 12.0. The molecule has 1 saturated heterocycles. The molecule has 0 aromatic heterocycles. The van der Waals surface area contributed by atoms with E-state index in [1.807, 2.05) is 18.2 Å². The van der Waals surface area contributed by atoms with E-state index < -0.39 is 0 Å². The average molecular weight is 328 g/mol. The summed E-state index contributed by atoms with van der Waals surface area (Å²) in [6.07, 6.45) is 0. The highest BCUT2D eigenvalue weighted by molar-refractivity contribution is 5.85. The number of amides is 1. The molecule has 0 unspecified atom stereocenters. The van der Waals surface area contributed by atoms with Crippen LogP contribution in [-0.2, 0) is 22.7 Å². The van der Waals surface area contributed by atoms with Crippen LogP contribution in [0.3, 0.4) is 0 Å². The number of ether oxygens (including phenoxy) is 1. The first kappa shape index (κ1) is 18.9. The van der Waals surface area contributed by atoms with Crippen LogP contribution in [0.15, 0.2) is 24.3 Å².